The predicted molar refractivity (Wildman–Crippen MR) is 60.3 cm³/mol. The molecule has 2 radical (unpaired) electrons. The van der Waals surface area contributed by atoms with E-state index < -0.39 is 0 Å². The SMILES string of the molecule is CC(C)Cc1ccccc1C[Si]Cl. The Labute approximate surface area is 87.8 Å². The zero-order chi connectivity index (χ0) is 9.68. The summed E-state index contributed by atoms with van der Waals surface area (Å²) in [6.45, 7) is 4.50. The molecule has 0 aliphatic carbocycles. The summed E-state index contributed by atoms with van der Waals surface area (Å²) in [5.74, 6) is 0.722. The van der Waals surface area contributed by atoms with Crippen molar-refractivity contribution in [2.24, 2.45) is 5.92 Å². The molecule has 0 saturated heterocycles. The van der Waals surface area contributed by atoms with Crippen LogP contribution in [0.3, 0.4) is 0 Å². The van der Waals surface area contributed by atoms with Gasteiger partial charge in [-0.15, -0.1) is 0 Å². The first-order valence-corrected chi connectivity index (χ1v) is 6.86. The fourth-order valence-corrected chi connectivity index (χ4v) is 2.36. The lowest BCUT2D eigenvalue weighted by Crippen LogP contribution is -2.00. The predicted octanol–water partition coefficient (Wildman–Crippen LogP) is 3.24. The molecule has 0 heterocycles. The van der Waals surface area contributed by atoms with Crippen LogP contribution in [-0.2, 0) is 12.5 Å². The second-order valence-corrected chi connectivity index (χ2v) is 5.10. The van der Waals surface area contributed by atoms with Gasteiger partial charge in [-0.05, 0) is 29.5 Å². The highest BCUT2D eigenvalue weighted by molar-refractivity contribution is 6.93. The van der Waals surface area contributed by atoms with Gasteiger partial charge in [0.1, 0.15) is 0 Å². The smallest absolute Gasteiger partial charge is 0.171 e. The van der Waals surface area contributed by atoms with E-state index >= 15 is 0 Å². The number of rotatable bonds is 4. The Hall–Kier alpha value is -0.273. The molecule has 0 unspecified atom stereocenters. The number of hydrogen-bond donors (Lipinski definition) is 0. The fourth-order valence-electron chi connectivity index (χ4n) is 1.44. The van der Waals surface area contributed by atoms with Crippen LogP contribution in [0.25, 0.3) is 0 Å². The summed E-state index contributed by atoms with van der Waals surface area (Å²) in [4.78, 5) is 0. The minimum Gasteiger partial charge on any atom is -0.171 e. The van der Waals surface area contributed by atoms with Crippen molar-refractivity contribution < 1.29 is 0 Å². The number of hydrogen-bond acceptors (Lipinski definition) is 0. The molecule has 0 aliphatic heterocycles. The van der Waals surface area contributed by atoms with Gasteiger partial charge in [0.2, 0.25) is 0 Å². The van der Waals surface area contributed by atoms with Gasteiger partial charge in [0.25, 0.3) is 0 Å². The third kappa shape index (κ3) is 3.53. The van der Waals surface area contributed by atoms with Gasteiger partial charge < -0.3 is 0 Å². The molecule has 0 nitrogen and oxygen atoms in total. The summed E-state index contributed by atoms with van der Waals surface area (Å²) < 4.78 is 0. The van der Waals surface area contributed by atoms with E-state index in [2.05, 4.69) is 38.1 Å². The lowest BCUT2D eigenvalue weighted by atomic mass is 9.99. The quantitative estimate of drug-likeness (QED) is 0.529. The maximum atomic E-state index is 5.77. The zero-order valence-electron chi connectivity index (χ0n) is 8.18. The van der Waals surface area contributed by atoms with E-state index in [1.54, 1.807) is 0 Å². The maximum absolute atomic E-state index is 5.77. The molecule has 70 valence electrons. The summed E-state index contributed by atoms with van der Waals surface area (Å²) >= 11 is 5.77. The largest absolute Gasteiger partial charge is 0.176 e. The Morgan fingerprint density at radius 1 is 1.23 bits per heavy atom. The van der Waals surface area contributed by atoms with Crippen molar-refractivity contribution in [3.05, 3.63) is 35.4 Å². The Morgan fingerprint density at radius 2 is 1.85 bits per heavy atom. The van der Waals surface area contributed by atoms with Crippen molar-refractivity contribution in [3.8, 4) is 0 Å². The van der Waals surface area contributed by atoms with Crippen LogP contribution in [0.1, 0.15) is 25.0 Å². The second-order valence-electron chi connectivity index (χ2n) is 3.68. The van der Waals surface area contributed by atoms with E-state index in [-0.39, 0.29) is 0 Å². The van der Waals surface area contributed by atoms with Gasteiger partial charge in [0.05, 0.1) is 0 Å². The van der Waals surface area contributed by atoms with E-state index in [0.29, 0.717) is 8.83 Å². The van der Waals surface area contributed by atoms with Crippen molar-refractivity contribution in [1.82, 2.24) is 0 Å². The first-order valence-electron chi connectivity index (χ1n) is 4.64. The normalized spacial score (nSPS) is 10.8. The van der Waals surface area contributed by atoms with Crippen LogP contribution >= 0.6 is 11.1 Å². The third-order valence-electron chi connectivity index (χ3n) is 2.00. The van der Waals surface area contributed by atoms with E-state index in [1.807, 2.05) is 0 Å². The third-order valence-corrected chi connectivity index (χ3v) is 2.92. The summed E-state index contributed by atoms with van der Waals surface area (Å²) in [5, 5.41) is 0. The minimum absolute atomic E-state index is 0.500. The van der Waals surface area contributed by atoms with Crippen molar-refractivity contribution in [2.75, 3.05) is 0 Å². The first-order chi connectivity index (χ1) is 6.24. The van der Waals surface area contributed by atoms with E-state index in [0.717, 1.165) is 18.4 Å². The summed E-state index contributed by atoms with van der Waals surface area (Å²) in [5.41, 5.74) is 2.88. The van der Waals surface area contributed by atoms with Crippen LogP contribution in [0.2, 0.25) is 0 Å². The highest BCUT2D eigenvalue weighted by Gasteiger charge is 2.03. The Morgan fingerprint density at radius 3 is 2.38 bits per heavy atom. The monoisotopic (exact) mass is 210 g/mol. The number of halogens is 1. The van der Waals surface area contributed by atoms with Crippen LogP contribution in [0.5, 0.6) is 0 Å². The maximum Gasteiger partial charge on any atom is 0.176 e. The average Bonchev–Trinajstić information content (AvgIpc) is 2.08. The minimum atomic E-state index is 0.500. The average molecular weight is 211 g/mol. The molecule has 0 aromatic heterocycles. The van der Waals surface area contributed by atoms with E-state index in [9.17, 15) is 0 Å². The van der Waals surface area contributed by atoms with Crippen LogP contribution in [-0.4, -0.2) is 8.83 Å². The number of benzene rings is 1. The molecule has 13 heavy (non-hydrogen) atoms. The lowest BCUT2D eigenvalue weighted by molar-refractivity contribution is 0.644. The molecular formula is C11H15ClSi. The van der Waals surface area contributed by atoms with Gasteiger partial charge in [-0.3, -0.25) is 0 Å². The summed E-state index contributed by atoms with van der Waals surface area (Å²) in [6, 6.07) is 9.62. The van der Waals surface area contributed by atoms with Crippen molar-refractivity contribution in [1.29, 1.82) is 0 Å². The molecule has 0 fully saturated rings. The summed E-state index contributed by atoms with van der Waals surface area (Å²) in [7, 11) is 0.500. The Bertz CT molecular complexity index is 258. The highest BCUT2D eigenvalue weighted by atomic mass is 35.6. The molecule has 0 N–H and O–H groups in total. The summed E-state index contributed by atoms with van der Waals surface area (Å²) in [6.07, 6.45) is 1.16. The molecule has 0 spiro atoms. The van der Waals surface area contributed by atoms with Gasteiger partial charge in [0.15, 0.2) is 8.83 Å². The topological polar surface area (TPSA) is 0 Å². The van der Waals surface area contributed by atoms with Gasteiger partial charge >= 0.3 is 0 Å². The Balaban J connectivity index is 2.78. The molecule has 1 aromatic carbocycles. The van der Waals surface area contributed by atoms with Crippen LogP contribution in [0, 0.1) is 5.92 Å². The molecule has 0 amide bonds. The molecule has 2 heteroatoms. The second kappa shape index (κ2) is 5.46. The molecule has 0 bridgehead atoms. The van der Waals surface area contributed by atoms with E-state index in [4.69, 9.17) is 11.1 Å². The molecule has 0 atom stereocenters. The first kappa shape index (κ1) is 10.8. The van der Waals surface area contributed by atoms with Crippen LogP contribution < -0.4 is 0 Å². The van der Waals surface area contributed by atoms with Crippen molar-refractivity contribution in [3.63, 3.8) is 0 Å². The zero-order valence-corrected chi connectivity index (χ0v) is 9.93. The van der Waals surface area contributed by atoms with Crippen molar-refractivity contribution in [2.45, 2.75) is 26.3 Å². The van der Waals surface area contributed by atoms with Gasteiger partial charge in [-0.1, -0.05) is 38.1 Å². The molecule has 1 rings (SSSR count). The fraction of sp³-hybridized carbons (Fsp3) is 0.455. The molecule has 0 aliphatic rings. The Kier molecular flexibility index (Phi) is 4.53. The molecule has 1 aromatic rings. The standard InChI is InChI=1S/C11H15ClSi/c1-9(2)7-10-5-3-4-6-11(10)8-13-12/h3-6,9H,7-8H2,1-2H3. The highest BCUT2D eigenvalue weighted by Crippen LogP contribution is 2.14. The van der Waals surface area contributed by atoms with Crippen LogP contribution in [0.4, 0.5) is 0 Å². The molecular weight excluding hydrogens is 196 g/mol. The van der Waals surface area contributed by atoms with Crippen molar-refractivity contribution >= 4 is 19.9 Å². The van der Waals surface area contributed by atoms with Crippen LogP contribution in [0.15, 0.2) is 24.3 Å². The van der Waals surface area contributed by atoms with Gasteiger partial charge in [-0.2, -0.15) is 11.1 Å². The van der Waals surface area contributed by atoms with Gasteiger partial charge in [0, 0.05) is 0 Å². The van der Waals surface area contributed by atoms with E-state index in [1.165, 1.54) is 11.1 Å². The van der Waals surface area contributed by atoms with Gasteiger partial charge in [-0.25, -0.2) is 0 Å². The molecule has 0 saturated carbocycles. The lowest BCUT2D eigenvalue weighted by Gasteiger charge is -2.09.